The Kier molecular flexibility index (Phi) is 9.88. The fraction of sp³-hybridized carbons (Fsp3) is 0.692. The first-order valence-corrected chi connectivity index (χ1v) is 18.1. The van der Waals surface area contributed by atoms with Crippen molar-refractivity contribution in [2.75, 3.05) is 13.1 Å². The number of nitrogens with one attached hydrogen (secondary N) is 3. The van der Waals surface area contributed by atoms with Gasteiger partial charge in [0.15, 0.2) is 0 Å². The SMILES string of the molecule is CC/C(C)=C(/N=C\C(C#N)=C(/C)NCC12CC3C[C@H](C1)C(NCC1CCC(O)CC1)[C@@H](C3)C2)NCc1cccc2c1OC(C)(C)C2. The Labute approximate surface area is 277 Å². The number of nitriles is 1. The summed E-state index contributed by atoms with van der Waals surface area (Å²) in [5.41, 5.74) is 5.22. The number of hydrogen-bond acceptors (Lipinski definition) is 7. The molecule has 1 aliphatic heterocycles. The van der Waals surface area contributed by atoms with Crippen LogP contribution in [-0.2, 0) is 13.0 Å². The maximum absolute atomic E-state index is 10.1. The first-order chi connectivity index (χ1) is 22.1. The third-order valence-electron chi connectivity index (χ3n) is 12.0. The minimum atomic E-state index is -0.180. The van der Waals surface area contributed by atoms with E-state index in [2.05, 4.69) is 67.9 Å². The number of fused-ring (bicyclic) bond motifs is 1. The van der Waals surface area contributed by atoms with Gasteiger partial charge in [0.1, 0.15) is 23.2 Å². The van der Waals surface area contributed by atoms with Crippen LogP contribution in [0.4, 0.5) is 0 Å². The number of aliphatic hydroxyl groups is 1. The van der Waals surface area contributed by atoms with Gasteiger partial charge in [-0.15, -0.1) is 0 Å². The lowest BCUT2D eigenvalue weighted by atomic mass is 9.48. The second-order valence-corrected chi connectivity index (χ2v) is 16.1. The minimum Gasteiger partial charge on any atom is -0.487 e. The molecule has 4 N–H and O–H groups in total. The average Bonchev–Trinajstić information content (AvgIpc) is 3.36. The molecule has 5 aliphatic carbocycles. The fourth-order valence-electron chi connectivity index (χ4n) is 9.62. The van der Waals surface area contributed by atoms with Crippen LogP contribution in [0.2, 0.25) is 0 Å². The van der Waals surface area contributed by atoms with E-state index in [1.807, 2.05) is 6.92 Å². The van der Waals surface area contributed by atoms with Gasteiger partial charge in [0.2, 0.25) is 0 Å². The molecule has 7 heteroatoms. The average molecular weight is 628 g/mol. The molecule has 0 aromatic heterocycles. The van der Waals surface area contributed by atoms with Crippen LogP contribution in [0.1, 0.15) is 110 Å². The highest BCUT2D eigenvalue weighted by atomic mass is 16.5. The topological polar surface area (TPSA) is 102 Å². The predicted molar refractivity (Wildman–Crippen MR) is 185 cm³/mol. The lowest BCUT2D eigenvalue weighted by Crippen LogP contribution is -2.60. The van der Waals surface area contributed by atoms with Crippen LogP contribution in [0, 0.1) is 40.4 Å². The molecule has 7 nitrogen and oxygen atoms in total. The molecule has 3 unspecified atom stereocenters. The second kappa shape index (κ2) is 13.7. The van der Waals surface area contributed by atoms with Gasteiger partial charge in [-0.05, 0) is 139 Å². The molecule has 5 atom stereocenters. The zero-order valence-electron chi connectivity index (χ0n) is 28.9. The summed E-state index contributed by atoms with van der Waals surface area (Å²) in [4.78, 5) is 4.83. The van der Waals surface area contributed by atoms with E-state index in [0.29, 0.717) is 23.6 Å². The van der Waals surface area contributed by atoms with Crippen LogP contribution in [0.15, 0.2) is 45.9 Å². The summed E-state index contributed by atoms with van der Waals surface area (Å²) in [5.74, 6) is 4.92. The molecule has 6 aliphatic rings. The smallest absolute Gasteiger partial charge is 0.128 e. The van der Waals surface area contributed by atoms with Gasteiger partial charge in [-0.3, -0.25) is 0 Å². The van der Waals surface area contributed by atoms with Crippen LogP contribution in [0.25, 0.3) is 0 Å². The minimum absolute atomic E-state index is 0.0746. The first kappa shape index (κ1) is 33.1. The van der Waals surface area contributed by atoms with Gasteiger partial charge in [-0.2, -0.15) is 5.26 Å². The van der Waals surface area contributed by atoms with E-state index in [-0.39, 0.29) is 11.7 Å². The molecule has 0 radical (unpaired) electrons. The zero-order valence-corrected chi connectivity index (χ0v) is 28.9. The van der Waals surface area contributed by atoms with Crippen molar-refractivity contribution in [2.24, 2.45) is 34.1 Å². The Morgan fingerprint density at radius 2 is 1.83 bits per heavy atom. The maximum Gasteiger partial charge on any atom is 0.128 e. The number of aliphatic hydroxyl groups excluding tert-OH is 1. The van der Waals surface area contributed by atoms with Crippen molar-refractivity contribution in [3.05, 3.63) is 52.0 Å². The Balaban J connectivity index is 1.06. The third kappa shape index (κ3) is 7.34. The number of para-hydroxylation sites is 1. The molecular formula is C39H57N5O2. The summed E-state index contributed by atoms with van der Waals surface area (Å²) in [6.07, 6.45) is 14.4. The van der Waals surface area contributed by atoms with E-state index < -0.39 is 0 Å². The van der Waals surface area contributed by atoms with Crippen molar-refractivity contribution in [2.45, 2.75) is 130 Å². The summed E-state index contributed by atoms with van der Waals surface area (Å²) in [5, 5.41) is 31.4. The largest absolute Gasteiger partial charge is 0.487 e. The Morgan fingerprint density at radius 3 is 2.52 bits per heavy atom. The van der Waals surface area contributed by atoms with E-state index in [0.717, 1.165) is 104 Å². The van der Waals surface area contributed by atoms with Crippen molar-refractivity contribution in [3.8, 4) is 11.8 Å². The number of ether oxygens (including phenoxy) is 1. The lowest BCUT2D eigenvalue weighted by Gasteiger charge is -2.60. The fourth-order valence-corrected chi connectivity index (χ4v) is 9.62. The van der Waals surface area contributed by atoms with Crippen LogP contribution in [-0.4, -0.2) is 42.2 Å². The zero-order chi connectivity index (χ0) is 32.5. The summed E-state index contributed by atoms with van der Waals surface area (Å²) < 4.78 is 6.29. The molecule has 0 spiro atoms. The Bertz CT molecular complexity index is 1380. The van der Waals surface area contributed by atoms with Gasteiger partial charge in [0.25, 0.3) is 0 Å². The van der Waals surface area contributed by atoms with Gasteiger partial charge >= 0.3 is 0 Å². The molecule has 7 rings (SSSR count). The number of aliphatic imine (C=N–C) groups is 1. The van der Waals surface area contributed by atoms with Gasteiger partial charge in [-0.1, -0.05) is 25.1 Å². The third-order valence-corrected chi connectivity index (χ3v) is 12.0. The van der Waals surface area contributed by atoms with Crippen LogP contribution in [0.3, 0.4) is 0 Å². The summed E-state index contributed by atoms with van der Waals surface area (Å²) in [6.45, 7) is 13.2. The molecular weight excluding hydrogens is 570 g/mol. The molecule has 4 bridgehead atoms. The highest BCUT2D eigenvalue weighted by molar-refractivity contribution is 5.85. The molecule has 5 saturated carbocycles. The number of allylic oxidation sites excluding steroid dienone is 3. The van der Waals surface area contributed by atoms with Crippen LogP contribution >= 0.6 is 0 Å². The van der Waals surface area contributed by atoms with Crippen molar-refractivity contribution in [1.82, 2.24) is 16.0 Å². The molecule has 250 valence electrons. The first-order valence-electron chi connectivity index (χ1n) is 18.1. The Hall–Kier alpha value is -2.82. The van der Waals surface area contributed by atoms with Crippen LogP contribution in [0.5, 0.6) is 5.75 Å². The van der Waals surface area contributed by atoms with E-state index in [1.165, 1.54) is 37.7 Å². The molecule has 46 heavy (non-hydrogen) atoms. The standard InChI is InChI=1S/C39H57N5O2/c1-6-25(2)37(42-22-30-9-7-8-29-17-38(4,5)46-36(29)30)43-23-33(20-40)26(3)44-24-39-16-28-14-31(18-39)35(32(15-28)19-39)41-21-27-10-12-34(45)13-11-27/h7-9,23,27-28,31-32,34-35,41-42,44-45H,6,10-19,21-22,24H2,1-5H3/b33-26+,37-25+,43-23-/t27?,28?,31-,32+,34?,35?,39?. The summed E-state index contributed by atoms with van der Waals surface area (Å²) in [7, 11) is 0. The lowest BCUT2D eigenvalue weighted by molar-refractivity contribution is -0.0752. The van der Waals surface area contributed by atoms with Crippen LogP contribution < -0.4 is 20.7 Å². The van der Waals surface area contributed by atoms with Gasteiger partial charge in [-0.25, -0.2) is 4.99 Å². The number of nitrogens with zero attached hydrogens (tertiary/aromatic N) is 2. The van der Waals surface area contributed by atoms with E-state index in [1.54, 1.807) is 6.21 Å². The highest BCUT2D eigenvalue weighted by Crippen LogP contribution is 2.60. The molecule has 1 aromatic carbocycles. The molecule has 1 heterocycles. The number of hydrogen-bond donors (Lipinski definition) is 4. The second-order valence-electron chi connectivity index (χ2n) is 16.1. The summed E-state index contributed by atoms with van der Waals surface area (Å²) >= 11 is 0. The highest BCUT2D eigenvalue weighted by Gasteiger charge is 2.55. The van der Waals surface area contributed by atoms with E-state index in [9.17, 15) is 10.4 Å². The van der Waals surface area contributed by atoms with Gasteiger partial charge in [0.05, 0.1) is 11.7 Å². The molecule has 0 saturated heterocycles. The summed E-state index contributed by atoms with van der Waals surface area (Å²) in [6, 6.07) is 9.46. The number of benzene rings is 1. The van der Waals surface area contributed by atoms with E-state index in [4.69, 9.17) is 9.73 Å². The molecule has 5 fully saturated rings. The van der Waals surface area contributed by atoms with Crippen molar-refractivity contribution in [1.29, 1.82) is 5.26 Å². The van der Waals surface area contributed by atoms with Gasteiger partial charge in [0, 0.05) is 43.0 Å². The Morgan fingerprint density at radius 1 is 1.09 bits per heavy atom. The molecule has 1 aromatic rings. The molecule has 0 amide bonds. The van der Waals surface area contributed by atoms with Crippen molar-refractivity contribution < 1.29 is 9.84 Å². The number of rotatable bonds is 12. The van der Waals surface area contributed by atoms with E-state index >= 15 is 0 Å². The monoisotopic (exact) mass is 627 g/mol. The quantitative estimate of drug-likeness (QED) is 0.148. The normalized spacial score (nSPS) is 33.6. The van der Waals surface area contributed by atoms with Gasteiger partial charge < -0.3 is 25.8 Å². The maximum atomic E-state index is 10.1. The predicted octanol–water partition coefficient (Wildman–Crippen LogP) is 6.92. The van der Waals surface area contributed by atoms with Crippen molar-refractivity contribution in [3.63, 3.8) is 0 Å². The van der Waals surface area contributed by atoms with Crippen molar-refractivity contribution >= 4 is 6.21 Å².